The molecule has 1 saturated heterocycles. The second-order valence-corrected chi connectivity index (χ2v) is 5.35. The maximum absolute atomic E-state index is 11.9. The van der Waals surface area contributed by atoms with Crippen LogP contribution in [-0.4, -0.2) is 27.8 Å². The summed E-state index contributed by atoms with van der Waals surface area (Å²) in [6, 6.07) is 0.659. The van der Waals surface area contributed by atoms with Gasteiger partial charge in [0.25, 0.3) is 0 Å². The van der Waals surface area contributed by atoms with Gasteiger partial charge in [-0.15, -0.1) is 0 Å². The number of carbonyl (C=O) groups excluding carboxylic acids is 1. The summed E-state index contributed by atoms with van der Waals surface area (Å²) in [4.78, 5) is 20.2. The lowest BCUT2D eigenvalue weighted by atomic mass is 10.0. The van der Waals surface area contributed by atoms with E-state index in [4.69, 9.17) is 0 Å². The number of hydrogen-bond acceptors (Lipinski definition) is 4. The summed E-state index contributed by atoms with van der Waals surface area (Å²) in [5, 5.41) is 3.35. The van der Waals surface area contributed by atoms with E-state index in [9.17, 15) is 4.79 Å². The van der Waals surface area contributed by atoms with Gasteiger partial charge in [-0.05, 0) is 34.7 Å². The topological polar surface area (TPSA) is 54.9 Å². The summed E-state index contributed by atoms with van der Waals surface area (Å²) < 4.78 is 0.681. The molecule has 1 unspecified atom stereocenters. The Morgan fingerprint density at radius 1 is 1.50 bits per heavy atom. The fraction of sp³-hybridized carbons (Fsp3) is 0.545. The molecule has 1 aromatic heterocycles. The van der Waals surface area contributed by atoms with Crippen molar-refractivity contribution in [3.63, 3.8) is 0 Å². The monoisotopic (exact) mass is 281 g/mol. The van der Waals surface area contributed by atoms with Crippen molar-refractivity contribution in [1.29, 1.82) is 0 Å². The van der Waals surface area contributed by atoms with Gasteiger partial charge in [-0.3, -0.25) is 9.78 Å². The maximum atomic E-state index is 11.9. The van der Waals surface area contributed by atoms with Gasteiger partial charge in [-0.25, -0.2) is 4.98 Å². The highest BCUT2D eigenvalue weighted by atomic mass is 79.9. The molecule has 1 aromatic rings. The van der Waals surface area contributed by atoms with Crippen LogP contribution in [0.25, 0.3) is 0 Å². The van der Waals surface area contributed by atoms with Crippen LogP contribution in [0.1, 0.15) is 18.5 Å². The van der Waals surface area contributed by atoms with E-state index in [1.807, 2.05) is 0 Å². The normalized spacial score (nSPS) is 31.2. The predicted octanol–water partition coefficient (Wildman–Crippen LogP) is 1.10. The minimum Gasteiger partial charge on any atom is -0.304 e. The summed E-state index contributed by atoms with van der Waals surface area (Å²) in [6.07, 6.45) is 5.91. The quantitative estimate of drug-likeness (QED) is 0.902. The minimum absolute atomic E-state index is 0.0459. The predicted molar refractivity (Wildman–Crippen MR) is 61.9 cm³/mol. The van der Waals surface area contributed by atoms with Crippen LogP contribution >= 0.6 is 15.9 Å². The number of ketones is 1. The molecule has 3 rings (SSSR count). The van der Waals surface area contributed by atoms with Gasteiger partial charge in [-0.2, -0.15) is 0 Å². The molecule has 5 heteroatoms. The van der Waals surface area contributed by atoms with Crippen LogP contribution in [0.15, 0.2) is 17.0 Å². The number of halogens is 1. The first-order valence-corrected chi connectivity index (χ1v) is 6.27. The van der Waals surface area contributed by atoms with Crippen LogP contribution in [0.3, 0.4) is 0 Å². The summed E-state index contributed by atoms with van der Waals surface area (Å²) in [6.45, 7) is 0. The van der Waals surface area contributed by atoms with E-state index >= 15 is 0 Å². The lowest BCUT2D eigenvalue weighted by Crippen LogP contribution is -2.35. The molecule has 1 aliphatic heterocycles. The molecule has 0 spiro atoms. The van der Waals surface area contributed by atoms with Crippen molar-refractivity contribution in [1.82, 2.24) is 15.3 Å². The Morgan fingerprint density at radius 3 is 3.06 bits per heavy atom. The smallest absolute Gasteiger partial charge is 0.155 e. The van der Waals surface area contributed by atoms with E-state index in [1.165, 1.54) is 6.42 Å². The third-order valence-electron chi connectivity index (χ3n) is 3.28. The van der Waals surface area contributed by atoms with Crippen molar-refractivity contribution in [2.75, 3.05) is 0 Å². The standard InChI is InChI=1S/C11H12BrN3O/c12-11-5-13-4-7(14-11)3-10(16)9-2-6-1-8(6)15-9/h4-6,8-9,15H,1-3H2/t6-,8?,9+/m1/s1. The molecule has 0 bridgehead atoms. The average Bonchev–Trinajstić information content (AvgIpc) is 2.86. The van der Waals surface area contributed by atoms with Crippen molar-refractivity contribution >= 4 is 21.7 Å². The lowest BCUT2D eigenvalue weighted by molar-refractivity contribution is -0.120. The third kappa shape index (κ3) is 2.01. The summed E-state index contributed by atoms with van der Waals surface area (Å²) in [7, 11) is 0. The van der Waals surface area contributed by atoms with E-state index in [1.54, 1.807) is 12.4 Å². The van der Waals surface area contributed by atoms with Gasteiger partial charge in [0.05, 0.1) is 24.4 Å². The van der Waals surface area contributed by atoms with E-state index in [2.05, 4.69) is 31.2 Å². The number of aromatic nitrogens is 2. The highest BCUT2D eigenvalue weighted by Crippen LogP contribution is 2.40. The summed E-state index contributed by atoms with van der Waals surface area (Å²) in [5.41, 5.74) is 0.738. The zero-order valence-electron chi connectivity index (χ0n) is 8.69. The molecule has 2 aliphatic rings. The van der Waals surface area contributed by atoms with Crippen LogP contribution < -0.4 is 5.32 Å². The van der Waals surface area contributed by atoms with Crippen LogP contribution in [0, 0.1) is 5.92 Å². The van der Waals surface area contributed by atoms with E-state index in [-0.39, 0.29) is 11.8 Å². The number of Topliss-reactive ketones (excluding diaryl/α,β-unsaturated/α-hetero) is 1. The van der Waals surface area contributed by atoms with Crippen LogP contribution in [0.4, 0.5) is 0 Å². The molecule has 2 heterocycles. The zero-order chi connectivity index (χ0) is 11.1. The SMILES string of the molecule is O=C(Cc1cncc(Br)n1)[C@@H]1C[C@H]2CC2N1. The van der Waals surface area contributed by atoms with Gasteiger partial charge in [0, 0.05) is 12.2 Å². The molecule has 1 N–H and O–H groups in total. The lowest BCUT2D eigenvalue weighted by Gasteiger charge is -2.11. The first-order chi connectivity index (χ1) is 7.72. The van der Waals surface area contributed by atoms with Gasteiger partial charge in [0.2, 0.25) is 0 Å². The number of carbonyl (C=O) groups is 1. The molecular weight excluding hydrogens is 270 g/mol. The van der Waals surface area contributed by atoms with E-state index in [0.717, 1.165) is 18.0 Å². The molecule has 1 saturated carbocycles. The van der Waals surface area contributed by atoms with Gasteiger partial charge >= 0.3 is 0 Å². The first kappa shape index (κ1) is 10.4. The zero-order valence-corrected chi connectivity index (χ0v) is 10.3. The van der Waals surface area contributed by atoms with E-state index < -0.39 is 0 Å². The number of nitrogens with zero attached hydrogens (tertiary/aromatic N) is 2. The Morgan fingerprint density at radius 2 is 2.38 bits per heavy atom. The second kappa shape index (κ2) is 3.89. The number of fused-ring (bicyclic) bond motifs is 1. The van der Waals surface area contributed by atoms with Crippen molar-refractivity contribution in [2.24, 2.45) is 5.92 Å². The van der Waals surface area contributed by atoms with Crippen LogP contribution in [0.2, 0.25) is 0 Å². The first-order valence-electron chi connectivity index (χ1n) is 5.47. The molecule has 0 radical (unpaired) electrons. The van der Waals surface area contributed by atoms with Crippen molar-refractivity contribution in [3.8, 4) is 0 Å². The maximum Gasteiger partial charge on any atom is 0.155 e. The molecule has 2 fully saturated rings. The molecule has 84 valence electrons. The molecular formula is C11H12BrN3O. The third-order valence-corrected chi connectivity index (χ3v) is 3.66. The largest absolute Gasteiger partial charge is 0.304 e. The minimum atomic E-state index is 0.0459. The Kier molecular flexibility index (Phi) is 2.52. The highest BCUT2D eigenvalue weighted by Gasteiger charge is 2.47. The van der Waals surface area contributed by atoms with Crippen LogP contribution in [-0.2, 0) is 11.2 Å². The van der Waals surface area contributed by atoms with Gasteiger partial charge in [-0.1, -0.05) is 0 Å². The van der Waals surface area contributed by atoms with E-state index in [0.29, 0.717) is 17.1 Å². The summed E-state index contributed by atoms with van der Waals surface area (Å²) in [5.74, 6) is 0.988. The molecule has 0 aromatic carbocycles. The Labute approximate surface area is 102 Å². The fourth-order valence-electron chi connectivity index (χ4n) is 2.33. The molecule has 1 aliphatic carbocycles. The number of hydrogen-bond donors (Lipinski definition) is 1. The Bertz CT molecular complexity index is 427. The van der Waals surface area contributed by atoms with Gasteiger partial charge in [0.15, 0.2) is 5.78 Å². The van der Waals surface area contributed by atoms with Gasteiger partial charge in [0.1, 0.15) is 4.60 Å². The Balaban J connectivity index is 1.64. The van der Waals surface area contributed by atoms with Crippen molar-refractivity contribution in [2.45, 2.75) is 31.3 Å². The molecule has 0 amide bonds. The molecule has 16 heavy (non-hydrogen) atoms. The van der Waals surface area contributed by atoms with Gasteiger partial charge < -0.3 is 5.32 Å². The average molecular weight is 282 g/mol. The summed E-state index contributed by atoms with van der Waals surface area (Å²) >= 11 is 3.25. The molecule has 3 atom stereocenters. The highest BCUT2D eigenvalue weighted by molar-refractivity contribution is 9.10. The van der Waals surface area contributed by atoms with Crippen molar-refractivity contribution < 1.29 is 4.79 Å². The number of piperidine rings is 1. The van der Waals surface area contributed by atoms with Crippen molar-refractivity contribution in [3.05, 3.63) is 22.7 Å². The molecule has 4 nitrogen and oxygen atoms in total. The Hall–Kier alpha value is -0.810. The number of rotatable bonds is 3. The van der Waals surface area contributed by atoms with Crippen LogP contribution in [0.5, 0.6) is 0 Å². The second-order valence-electron chi connectivity index (χ2n) is 4.53. The number of nitrogens with one attached hydrogen (secondary N) is 1. The fourth-order valence-corrected chi connectivity index (χ4v) is 2.68.